The van der Waals surface area contributed by atoms with Crippen LogP contribution in [0.5, 0.6) is 0 Å². The summed E-state index contributed by atoms with van der Waals surface area (Å²) in [6.07, 6.45) is 0.174. The van der Waals surface area contributed by atoms with E-state index in [-0.39, 0.29) is 17.2 Å². The number of nitrogens with zero attached hydrogens (tertiary/aromatic N) is 2. The van der Waals surface area contributed by atoms with E-state index in [1.807, 2.05) is 6.07 Å². The van der Waals surface area contributed by atoms with Crippen LogP contribution < -0.4 is 0 Å². The van der Waals surface area contributed by atoms with Crippen molar-refractivity contribution >= 4 is 48.9 Å². The highest BCUT2D eigenvalue weighted by Crippen LogP contribution is 2.35. The second-order valence-corrected chi connectivity index (χ2v) is 8.03. The van der Waals surface area contributed by atoms with Crippen LogP contribution in [0.1, 0.15) is 13.3 Å². The van der Waals surface area contributed by atoms with Gasteiger partial charge in [-0.1, -0.05) is 18.5 Å². The molecule has 0 aromatic carbocycles. The van der Waals surface area contributed by atoms with Gasteiger partial charge in [0.2, 0.25) is 0 Å². The fourth-order valence-corrected chi connectivity index (χ4v) is 5.21. The summed E-state index contributed by atoms with van der Waals surface area (Å²) in [7, 11) is -3.54. The van der Waals surface area contributed by atoms with Crippen LogP contribution in [0.25, 0.3) is 0 Å². The van der Waals surface area contributed by atoms with Gasteiger partial charge in [0.1, 0.15) is 4.21 Å². The Morgan fingerprint density at radius 3 is 2.71 bits per heavy atom. The molecule has 0 atom stereocenters. The maximum atomic E-state index is 12.2. The van der Waals surface area contributed by atoms with Crippen molar-refractivity contribution < 1.29 is 8.42 Å². The van der Waals surface area contributed by atoms with Gasteiger partial charge in [-0.3, -0.25) is 0 Å². The second-order valence-electron chi connectivity index (χ2n) is 3.09. The molecule has 94 valence electrons. The van der Waals surface area contributed by atoms with E-state index in [1.54, 1.807) is 6.92 Å². The van der Waals surface area contributed by atoms with Crippen LogP contribution in [-0.4, -0.2) is 25.8 Å². The summed E-state index contributed by atoms with van der Waals surface area (Å²) < 4.78 is 26.4. The Labute approximate surface area is 118 Å². The van der Waals surface area contributed by atoms with Crippen molar-refractivity contribution in [3.05, 3.63) is 14.9 Å². The summed E-state index contributed by atoms with van der Waals surface area (Å²) in [5.41, 5.74) is 0. The maximum Gasteiger partial charge on any atom is 0.252 e. The second kappa shape index (κ2) is 6.16. The summed E-state index contributed by atoms with van der Waals surface area (Å²) in [6.45, 7) is 2.26. The van der Waals surface area contributed by atoms with Crippen molar-refractivity contribution in [2.45, 2.75) is 17.6 Å². The van der Waals surface area contributed by atoms with Gasteiger partial charge in [-0.25, -0.2) is 8.42 Å². The number of halogens is 2. The number of sulfonamides is 1. The van der Waals surface area contributed by atoms with E-state index in [0.717, 1.165) is 11.3 Å². The number of rotatable bonds is 5. The minimum atomic E-state index is -3.54. The Kier molecular flexibility index (Phi) is 5.41. The van der Waals surface area contributed by atoms with Crippen LogP contribution in [0.15, 0.2) is 14.1 Å². The van der Waals surface area contributed by atoms with Crippen LogP contribution in [-0.2, 0) is 10.0 Å². The minimum absolute atomic E-state index is 0.174. The molecule has 0 saturated heterocycles. The highest BCUT2D eigenvalue weighted by Gasteiger charge is 2.25. The zero-order valence-corrected chi connectivity index (χ0v) is 13.0. The van der Waals surface area contributed by atoms with Crippen LogP contribution in [0.3, 0.4) is 0 Å². The lowest BCUT2D eigenvalue weighted by Crippen LogP contribution is -2.31. The Balaban J connectivity index is 3.05. The molecule has 17 heavy (non-hydrogen) atoms. The van der Waals surface area contributed by atoms with E-state index in [1.165, 1.54) is 10.4 Å². The molecule has 0 N–H and O–H groups in total. The first kappa shape index (κ1) is 14.9. The quantitative estimate of drug-likeness (QED) is 0.813. The molecule has 1 aromatic rings. The van der Waals surface area contributed by atoms with Crippen LogP contribution in [0.4, 0.5) is 0 Å². The fourth-order valence-electron chi connectivity index (χ4n) is 1.20. The molecule has 1 heterocycles. The molecule has 0 amide bonds. The van der Waals surface area contributed by atoms with Gasteiger partial charge in [-0.2, -0.15) is 9.57 Å². The topological polar surface area (TPSA) is 61.2 Å². The van der Waals surface area contributed by atoms with Crippen molar-refractivity contribution in [3.63, 3.8) is 0 Å². The van der Waals surface area contributed by atoms with E-state index in [4.69, 9.17) is 16.9 Å². The molecule has 0 aliphatic heterocycles. The molecular formula is C9H10BrClN2O2S2. The molecule has 1 aromatic heterocycles. The molecular weight excluding hydrogens is 348 g/mol. The average molecular weight is 358 g/mol. The standard InChI is InChI=1S/C9H10BrClN2O2S2/c1-2-13(5-3-4-12)17(14,15)8-6-7(11)9(10)16-8/h6H,2-3,5H2,1H3. The first-order chi connectivity index (χ1) is 7.93. The average Bonchev–Trinajstić information content (AvgIpc) is 2.61. The third kappa shape index (κ3) is 3.42. The molecule has 0 saturated carbocycles. The van der Waals surface area contributed by atoms with E-state index >= 15 is 0 Å². The molecule has 0 fully saturated rings. The highest BCUT2D eigenvalue weighted by atomic mass is 79.9. The first-order valence-electron chi connectivity index (χ1n) is 4.75. The number of hydrogen-bond acceptors (Lipinski definition) is 4. The largest absolute Gasteiger partial charge is 0.252 e. The first-order valence-corrected chi connectivity index (χ1v) is 8.18. The van der Waals surface area contributed by atoms with Gasteiger partial charge >= 0.3 is 0 Å². The molecule has 0 bridgehead atoms. The van der Waals surface area contributed by atoms with Crippen LogP contribution in [0.2, 0.25) is 5.02 Å². The van der Waals surface area contributed by atoms with Crippen molar-refractivity contribution in [2.24, 2.45) is 0 Å². The predicted molar refractivity (Wildman–Crippen MR) is 71.7 cm³/mol. The molecule has 8 heteroatoms. The van der Waals surface area contributed by atoms with Crippen molar-refractivity contribution in [1.29, 1.82) is 5.26 Å². The van der Waals surface area contributed by atoms with E-state index in [9.17, 15) is 8.42 Å². The van der Waals surface area contributed by atoms with Gasteiger partial charge in [0.05, 0.1) is 14.9 Å². The number of hydrogen-bond donors (Lipinski definition) is 0. The lowest BCUT2D eigenvalue weighted by molar-refractivity contribution is 0.436. The van der Waals surface area contributed by atoms with Gasteiger partial charge in [-0.15, -0.1) is 11.3 Å². The SMILES string of the molecule is CCN(CCC#N)S(=O)(=O)c1cc(Cl)c(Br)s1. The zero-order chi connectivity index (χ0) is 13.1. The summed E-state index contributed by atoms with van der Waals surface area (Å²) in [5.74, 6) is 0. The molecule has 4 nitrogen and oxygen atoms in total. The Morgan fingerprint density at radius 2 is 2.29 bits per heavy atom. The lowest BCUT2D eigenvalue weighted by atomic mass is 10.5. The molecule has 0 radical (unpaired) electrons. The predicted octanol–water partition coefficient (Wildman–Crippen LogP) is 3.09. The molecule has 0 spiro atoms. The minimum Gasteiger partial charge on any atom is -0.206 e. The fraction of sp³-hybridized carbons (Fsp3) is 0.444. The third-order valence-electron chi connectivity index (χ3n) is 2.04. The Bertz CT molecular complexity index is 516. The van der Waals surface area contributed by atoms with Gasteiger partial charge in [0, 0.05) is 19.5 Å². The highest BCUT2D eigenvalue weighted by molar-refractivity contribution is 9.11. The molecule has 0 aliphatic rings. The smallest absolute Gasteiger partial charge is 0.206 e. The van der Waals surface area contributed by atoms with Crippen LogP contribution in [0, 0.1) is 11.3 Å². The monoisotopic (exact) mass is 356 g/mol. The Morgan fingerprint density at radius 1 is 1.65 bits per heavy atom. The van der Waals surface area contributed by atoms with E-state index in [2.05, 4.69) is 15.9 Å². The van der Waals surface area contributed by atoms with Crippen molar-refractivity contribution in [1.82, 2.24) is 4.31 Å². The summed E-state index contributed by atoms with van der Waals surface area (Å²) >= 11 is 10.1. The molecule has 1 rings (SSSR count). The van der Waals surface area contributed by atoms with Crippen molar-refractivity contribution in [2.75, 3.05) is 13.1 Å². The van der Waals surface area contributed by atoms with Crippen LogP contribution >= 0.6 is 38.9 Å². The summed E-state index contributed by atoms with van der Waals surface area (Å²) in [6, 6.07) is 3.35. The summed E-state index contributed by atoms with van der Waals surface area (Å²) in [5, 5.41) is 8.88. The Hall–Kier alpha value is -0.130. The summed E-state index contributed by atoms with van der Waals surface area (Å²) in [4.78, 5) is 0. The maximum absolute atomic E-state index is 12.2. The normalized spacial score (nSPS) is 11.7. The molecule has 0 aliphatic carbocycles. The number of nitriles is 1. The van der Waals surface area contributed by atoms with Gasteiger partial charge in [0.15, 0.2) is 0 Å². The number of thiophene rings is 1. The lowest BCUT2D eigenvalue weighted by Gasteiger charge is -2.17. The third-order valence-corrected chi connectivity index (χ3v) is 6.94. The molecule has 0 unspecified atom stereocenters. The van der Waals surface area contributed by atoms with E-state index < -0.39 is 10.0 Å². The van der Waals surface area contributed by atoms with Gasteiger partial charge < -0.3 is 0 Å². The van der Waals surface area contributed by atoms with Gasteiger partial charge in [0.25, 0.3) is 10.0 Å². The van der Waals surface area contributed by atoms with Gasteiger partial charge in [-0.05, 0) is 22.0 Å². The van der Waals surface area contributed by atoms with Crippen molar-refractivity contribution in [3.8, 4) is 6.07 Å². The van der Waals surface area contributed by atoms with E-state index in [0.29, 0.717) is 15.4 Å². The zero-order valence-electron chi connectivity index (χ0n) is 8.98.